The number of rotatable bonds is 4. The van der Waals surface area contributed by atoms with E-state index in [2.05, 4.69) is 13.8 Å². The summed E-state index contributed by atoms with van der Waals surface area (Å²) in [6.07, 6.45) is 0. The zero-order chi connectivity index (χ0) is 22.2. The lowest BCUT2D eigenvalue weighted by atomic mass is 9.77. The quantitative estimate of drug-likeness (QED) is 0.375. The zero-order valence-electron chi connectivity index (χ0n) is 17.2. The molecule has 0 amide bonds. The Bertz CT molecular complexity index is 1130. The Labute approximate surface area is 180 Å². The maximum absolute atomic E-state index is 13.7. The van der Waals surface area contributed by atoms with E-state index in [1.165, 1.54) is 24.3 Å². The van der Waals surface area contributed by atoms with E-state index in [4.69, 9.17) is 0 Å². The standard InChI is InChI=1S/C27H22F2O2/c1-27(2,21-9-3-17(4-10-21)19-7-13-25(30)23(28)15-19)22-11-5-18(6-12-22)20-8-14-26(31)24(29)16-20/h3-16,30-31H,1-2H3. The van der Waals surface area contributed by atoms with Crippen LogP contribution in [0.4, 0.5) is 8.78 Å². The van der Waals surface area contributed by atoms with Crippen molar-refractivity contribution in [1.82, 2.24) is 0 Å². The smallest absolute Gasteiger partial charge is 0.165 e. The summed E-state index contributed by atoms with van der Waals surface area (Å²) in [6, 6.07) is 24.5. The lowest BCUT2D eigenvalue weighted by molar-refractivity contribution is 0.432. The van der Waals surface area contributed by atoms with Crippen molar-refractivity contribution >= 4 is 0 Å². The third-order valence-electron chi connectivity index (χ3n) is 5.78. The highest BCUT2D eigenvalue weighted by Crippen LogP contribution is 2.35. The van der Waals surface area contributed by atoms with E-state index in [1.807, 2.05) is 48.5 Å². The minimum atomic E-state index is -0.643. The fourth-order valence-corrected chi connectivity index (χ4v) is 3.70. The molecule has 4 aromatic carbocycles. The predicted octanol–water partition coefficient (Wildman–Crippen LogP) is 7.04. The van der Waals surface area contributed by atoms with Gasteiger partial charge in [0.25, 0.3) is 0 Å². The molecule has 0 aromatic heterocycles. The van der Waals surface area contributed by atoms with Crippen LogP contribution in [0.3, 0.4) is 0 Å². The Hall–Kier alpha value is -3.66. The van der Waals surface area contributed by atoms with Crippen molar-refractivity contribution in [3.8, 4) is 33.8 Å². The van der Waals surface area contributed by atoms with E-state index in [9.17, 15) is 19.0 Å². The molecule has 2 nitrogen and oxygen atoms in total. The molecule has 31 heavy (non-hydrogen) atoms. The van der Waals surface area contributed by atoms with Crippen LogP contribution in [-0.4, -0.2) is 10.2 Å². The van der Waals surface area contributed by atoms with Crippen LogP contribution in [0, 0.1) is 11.6 Å². The van der Waals surface area contributed by atoms with Gasteiger partial charge in [-0.05, 0) is 57.6 Å². The molecule has 0 aliphatic carbocycles. The summed E-state index contributed by atoms with van der Waals surface area (Å²) in [7, 11) is 0. The van der Waals surface area contributed by atoms with Crippen molar-refractivity contribution in [2.45, 2.75) is 19.3 Å². The molecule has 0 radical (unpaired) electrons. The first kappa shape index (κ1) is 20.6. The second-order valence-electron chi connectivity index (χ2n) is 8.11. The number of phenolic OH excluding ortho intramolecular Hbond substituents is 2. The fourth-order valence-electron chi connectivity index (χ4n) is 3.70. The first-order chi connectivity index (χ1) is 14.8. The Balaban J connectivity index is 1.60. The zero-order valence-corrected chi connectivity index (χ0v) is 17.2. The van der Waals surface area contributed by atoms with Gasteiger partial charge >= 0.3 is 0 Å². The molecule has 0 bridgehead atoms. The molecule has 156 valence electrons. The van der Waals surface area contributed by atoms with Crippen molar-refractivity contribution in [1.29, 1.82) is 0 Å². The average Bonchev–Trinajstić information content (AvgIpc) is 2.78. The molecule has 0 spiro atoms. The molecular weight excluding hydrogens is 394 g/mol. The number of aromatic hydroxyl groups is 2. The highest BCUT2D eigenvalue weighted by Gasteiger charge is 2.23. The average molecular weight is 416 g/mol. The van der Waals surface area contributed by atoms with Gasteiger partial charge in [0, 0.05) is 5.41 Å². The summed E-state index contributed by atoms with van der Waals surface area (Å²) in [5, 5.41) is 18.8. The van der Waals surface area contributed by atoms with Gasteiger partial charge in [-0.25, -0.2) is 8.78 Å². The van der Waals surface area contributed by atoms with Crippen LogP contribution in [0.5, 0.6) is 11.5 Å². The summed E-state index contributed by atoms with van der Waals surface area (Å²) in [5.74, 6) is -2.01. The molecule has 0 saturated carbocycles. The molecule has 4 heteroatoms. The first-order valence-corrected chi connectivity index (χ1v) is 9.94. The van der Waals surface area contributed by atoms with Gasteiger partial charge in [0.05, 0.1) is 0 Å². The van der Waals surface area contributed by atoms with E-state index in [1.54, 1.807) is 12.1 Å². The van der Waals surface area contributed by atoms with E-state index in [0.717, 1.165) is 22.3 Å². The normalized spacial score (nSPS) is 11.5. The summed E-state index contributed by atoms with van der Waals surface area (Å²) in [4.78, 5) is 0. The third kappa shape index (κ3) is 4.02. The molecule has 0 aliphatic rings. The Morgan fingerprint density at radius 2 is 0.839 bits per heavy atom. The largest absolute Gasteiger partial charge is 0.505 e. The van der Waals surface area contributed by atoms with Gasteiger partial charge in [0.2, 0.25) is 0 Å². The fraction of sp³-hybridized carbons (Fsp3) is 0.111. The maximum Gasteiger partial charge on any atom is 0.165 e. The minimum Gasteiger partial charge on any atom is -0.505 e. The summed E-state index contributed by atoms with van der Waals surface area (Å²) in [5.41, 5.74) is 5.04. The topological polar surface area (TPSA) is 40.5 Å². The molecule has 2 N–H and O–H groups in total. The van der Waals surface area contributed by atoms with E-state index >= 15 is 0 Å². The first-order valence-electron chi connectivity index (χ1n) is 9.94. The number of benzene rings is 4. The molecule has 4 rings (SSSR count). The van der Waals surface area contributed by atoms with Crippen molar-refractivity contribution in [2.24, 2.45) is 0 Å². The van der Waals surface area contributed by atoms with Crippen LogP contribution in [0.25, 0.3) is 22.3 Å². The van der Waals surface area contributed by atoms with Crippen LogP contribution in [0.1, 0.15) is 25.0 Å². The number of halogens is 2. The van der Waals surface area contributed by atoms with Crippen LogP contribution in [0.15, 0.2) is 84.9 Å². The molecule has 0 atom stereocenters. The number of hydrogen-bond acceptors (Lipinski definition) is 2. The van der Waals surface area contributed by atoms with Gasteiger partial charge < -0.3 is 10.2 Å². The van der Waals surface area contributed by atoms with Crippen LogP contribution in [0.2, 0.25) is 0 Å². The molecule has 0 unspecified atom stereocenters. The molecule has 0 saturated heterocycles. The molecule has 4 aromatic rings. The van der Waals surface area contributed by atoms with E-state index in [-0.39, 0.29) is 16.9 Å². The van der Waals surface area contributed by atoms with Crippen molar-refractivity contribution < 1.29 is 19.0 Å². The summed E-state index contributed by atoms with van der Waals surface area (Å²) >= 11 is 0. The van der Waals surface area contributed by atoms with Gasteiger partial charge in [0.15, 0.2) is 23.1 Å². The monoisotopic (exact) mass is 416 g/mol. The van der Waals surface area contributed by atoms with Crippen LogP contribution >= 0.6 is 0 Å². The van der Waals surface area contributed by atoms with Crippen LogP contribution in [-0.2, 0) is 5.41 Å². The predicted molar refractivity (Wildman–Crippen MR) is 119 cm³/mol. The second kappa shape index (κ2) is 7.88. The summed E-state index contributed by atoms with van der Waals surface area (Å²) < 4.78 is 27.3. The lowest BCUT2D eigenvalue weighted by Crippen LogP contribution is -2.18. The molecular formula is C27H22F2O2. The van der Waals surface area contributed by atoms with Gasteiger partial charge in [-0.3, -0.25) is 0 Å². The van der Waals surface area contributed by atoms with Gasteiger partial charge in [-0.15, -0.1) is 0 Å². The molecule has 0 heterocycles. The van der Waals surface area contributed by atoms with Crippen molar-refractivity contribution in [2.75, 3.05) is 0 Å². The molecule has 0 fully saturated rings. The van der Waals surface area contributed by atoms with E-state index in [0.29, 0.717) is 11.1 Å². The maximum atomic E-state index is 13.7. The van der Waals surface area contributed by atoms with Crippen molar-refractivity contribution in [3.63, 3.8) is 0 Å². The summed E-state index contributed by atoms with van der Waals surface area (Å²) in [6.45, 7) is 4.24. The SMILES string of the molecule is CC(C)(c1ccc(-c2ccc(O)c(F)c2)cc1)c1ccc(-c2ccc(O)c(F)c2)cc1. The van der Waals surface area contributed by atoms with Gasteiger partial charge in [-0.1, -0.05) is 74.5 Å². The lowest BCUT2D eigenvalue weighted by Gasteiger charge is -2.26. The van der Waals surface area contributed by atoms with Gasteiger partial charge in [0.1, 0.15) is 0 Å². The highest BCUT2D eigenvalue weighted by molar-refractivity contribution is 5.66. The highest BCUT2D eigenvalue weighted by atomic mass is 19.1. The van der Waals surface area contributed by atoms with Crippen molar-refractivity contribution in [3.05, 3.63) is 108 Å². The Kier molecular flexibility index (Phi) is 5.24. The third-order valence-corrected chi connectivity index (χ3v) is 5.78. The van der Waals surface area contributed by atoms with Gasteiger partial charge in [-0.2, -0.15) is 0 Å². The Morgan fingerprint density at radius 1 is 0.516 bits per heavy atom. The second-order valence-corrected chi connectivity index (χ2v) is 8.11. The van der Waals surface area contributed by atoms with Crippen LogP contribution < -0.4 is 0 Å². The number of phenols is 2. The number of hydrogen-bond donors (Lipinski definition) is 2. The minimum absolute atomic E-state index is 0.280. The molecule has 0 aliphatic heterocycles. The van der Waals surface area contributed by atoms with E-state index < -0.39 is 11.6 Å². The Morgan fingerprint density at radius 3 is 1.16 bits per heavy atom.